The molecule has 4 rings (SSSR count). The van der Waals surface area contributed by atoms with Crippen molar-refractivity contribution < 1.29 is 9.90 Å². The molecule has 134 valence electrons. The number of aliphatic carboxylic acids is 1. The molecule has 2 heterocycles. The third-order valence-electron chi connectivity index (χ3n) is 5.15. The molecule has 2 aliphatic rings. The van der Waals surface area contributed by atoms with Crippen LogP contribution in [-0.2, 0) is 11.2 Å². The summed E-state index contributed by atoms with van der Waals surface area (Å²) in [5.74, 6) is 1.64. The quantitative estimate of drug-likeness (QED) is 0.748. The lowest BCUT2D eigenvalue weighted by atomic mass is 9.85. The second kappa shape index (κ2) is 6.59. The number of hydrogen-bond acceptors (Lipinski definition) is 6. The van der Waals surface area contributed by atoms with E-state index < -0.39 is 5.97 Å². The Morgan fingerprint density at radius 3 is 2.84 bits per heavy atom. The summed E-state index contributed by atoms with van der Waals surface area (Å²) in [6.45, 7) is 3.11. The highest BCUT2D eigenvalue weighted by Gasteiger charge is 2.37. The fraction of sp³-hybridized carbons (Fsp3) is 0.647. The summed E-state index contributed by atoms with van der Waals surface area (Å²) in [6.07, 6.45) is 5.19. The van der Waals surface area contributed by atoms with Gasteiger partial charge in [-0.3, -0.25) is 9.69 Å². The zero-order valence-corrected chi connectivity index (χ0v) is 14.4. The fourth-order valence-corrected chi connectivity index (χ4v) is 3.49. The van der Waals surface area contributed by atoms with Crippen molar-refractivity contribution in [2.45, 2.75) is 51.1 Å². The first-order valence-corrected chi connectivity index (χ1v) is 9.06. The van der Waals surface area contributed by atoms with Crippen molar-refractivity contribution in [3.8, 4) is 0 Å². The normalized spacial score (nSPS) is 23.0. The van der Waals surface area contributed by atoms with Crippen LogP contribution >= 0.6 is 0 Å². The van der Waals surface area contributed by atoms with E-state index in [1.807, 2.05) is 19.1 Å². The van der Waals surface area contributed by atoms with Gasteiger partial charge < -0.3 is 10.4 Å². The van der Waals surface area contributed by atoms with Gasteiger partial charge in [-0.2, -0.15) is 4.52 Å². The van der Waals surface area contributed by atoms with E-state index in [9.17, 15) is 4.79 Å². The van der Waals surface area contributed by atoms with Gasteiger partial charge in [-0.05, 0) is 43.7 Å². The van der Waals surface area contributed by atoms with Gasteiger partial charge in [0.2, 0.25) is 0 Å². The second-order valence-corrected chi connectivity index (χ2v) is 7.19. The summed E-state index contributed by atoms with van der Waals surface area (Å²) in [6, 6.07) is 4.54. The molecule has 0 radical (unpaired) electrons. The Kier molecular flexibility index (Phi) is 4.29. The van der Waals surface area contributed by atoms with Crippen LogP contribution in [0.5, 0.6) is 0 Å². The van der Waals surface area contributed by atoms with Gasteiger partial charge in [0.25, 0.3) is 0 Å². The number of hydrogen-bond donors (Lipinski definition) is 2. The molecule has 8 heteroatoms. The molecule has 25 heavy (non-hydrogen) atoms. The Hall–Kier alpha value is -2.22. The molecule has 0 atom stereocenters. The number of rotatable bonds is 8. The summed E-state index contributed by atoms with van der Waals surface area (Å²) in [7, 11) is 0. The standard InChI is InChI=1S/C17H24N6O2/c1-2-15-19-20-16-6-5-14(21-23(15)16)18-12-7-13(8-12)22(10-17(24)25)9-11-3-4-11/h5-6,11-13H,2-4,7-10H2,1H3,(H,18,21)(H,24,25). The van der Waals surface area contributed by atoms with Crippen molar-refractivity contribution in [3.05, 3.63) is 18.0 Å². The maximum absolute atomic E-state index is 11.1. The molecule has 2 aromatic rings. The molecule has 2 fully saturated rings. The highest BCUT2D eigenvalue weighted by atomic mass is 16.4. The molecule has 2 saturated carbocycles. The van der Waals surface area contributed by atoms with Crippen molar-refractivity contribution in [2.24, 2.45) is 5.92 Å². The number of nitrogens with one attached hydrogen (secondary N) is 1. The number of nitrogens with zero attached hydrogens (tertiary/aromatic N) is 5. The van der Waals surface area contributed by atoms with E-state index in [2.05, 4.69) is 25.5 Å². The topological polar surface area (TPSA) is 95.7 Å². The Morgan fingerprint density at radius 2 is 2.16 bits per heavy atom. The molecule has 0 saturated heterocycles. The van der Waals surface area contributed by atoms with E-state index >= 15 is 0 Å². The van der Waals surface area contributed by atoms with E-state index in [0.717, 1.165) is 43.1 Å². The highest BCUT2D eigenvalue weighted by Crippen LogP contribution is 2.34. The molecule has 2 aliphatic carbocycles. The molecule has 0 spiro atoms. The molecule has 0 amide bonds. The number of carboxylic acid groups (broad SMARTS) is 1. The molecule has 0 unspecified atom stereocenters. The smallest absolute Gasteiger partial charge is 0.317 e. The minimum Gasteiger partial charge on any atom is -0.480 e. The van der Waals surface area contributed by atoms with Gasteiger partial charge in [0.1, 0.15) is 5.82 Å². The minimum absolute atomic E-state index is 0.151. The molecule has 2 N–H and O–H groups in total. The van der Waals surface area contributed by atoms with Crippen LogP contribution in [0.3, 0.4) is 0 Å². The van der Waals surface area contributed by atoms with Gasteiger partial charge in [0, 0.05) is 25.0 Å². The lowest BCUT2D eigenvalue weighted by molar-refractivity contribution is -0.139. The fourth-order valence-electron chi connectivity index (χ4n) is 3.49. The maximum Gasteiger partial charge on any atom is 0.317 e. The predicted octanol–water partition coefficient (Wildman–Crippen LogP) is 1.43. The highest BCUT2D eigenvalue weighted by molar-refractivity contribution is 5.69. The third-order valence-corrected chi connectivity index (χ3v) is 5.15. The van der Waals surface area contributed by atoms with Crippen LogP contribution in [0.1, 0.15) is 38.4 Å². The summed E-state index contributed by atoms with van der Waals surface area (Å²) >= 11 is 0. The summed E-state index contributed by atoms with van der Waals surface area (Å²) in [5, 5.41) is 25.4. The Labute approximate surface area is 146 Å². The summed E-state index contributed by atoms with van der Waals surface area (Å²) in [5.41, 5.74) is 0.756. The molecule has 0 bridgehead atoms. The number of anilines is 1. The molecule has 2 aromatic heterocycles. The molecule has 0 aromatic carbocycles. The van der Waals surface area contributed by atoms with Crippen molar-refractivity contribution in [2.75, 3.05) is 18.4 Å². The minimum atomic E-state index is -0.733. The van der Waals surface area contributed by atoms with Gasteiger partial charge in [-0.15, -0.1) is 15.3 Å². The Bertz CT molecular complexity index is 766. The summed E-state index contributed by atoms with van der Waals surface area (Å²) < 4.78 is 1.78. The second-order valence-electron chi connectivity index (χ2n) is 7.19. The molecular weight excluding hydrogens is 320 g/mol. The van der Waals surface area contributed by atoms with Crippen molar-refractivity contribution in [3.63, 3.8) is 0 Å². The number of aryl methyl sites for hydroxylation is 1. The Balaban J connectivity index is 1.36. The lowest BCUT2D eigenvalue weighted by Gasteiger charge is -2.43. The number of aromatic nitrogens is 4. The van der Waals surface area contributed by atoms with E-state index in [0.29, 0.717) is 18.0 Å². The SMILES string of the molecule is CCc1nnc2ccc(NC3CC(N(CC(=O)O)CC4CC4)C3)nn12. The van der Waals surface area contributed by atoms with Gasteiger partial charge >= 0.3 is 5.97 Å². The Morgan fingerprint density at radius 1 is 1.36 bits per heavy atom. The molecule has 0 aliphatic heterocycles. The summed E-state index contributed by atoms with van der Waals surface area (Å²) in [4.78, 5) is 13.2. The van der Waals surface area contributed by atoms with Crippen molar-refractivity contribution >= 4 is 17.4 Å². The van der Waals surface area contributed by atoms with Crippen LogP contribution in [0, 0.1) is 5.92 Å². The first kappa shape index (κ1) is 16.3. The lowest BCUT2D eigenvalue weighted by Crippen LogP contribution is -2.52. The average molecular weight is 344 g/mol. The molecular formula is C17H24N6O2. The number of fused-ring (bicyclic) bond motifs is 1. The van der Waals surface area contributed by atoms with E-state index in [1.54, 1.807) is 4.52 Å². The van der Waals surface area contributed by atoms with Gasteiger partial charge in [0.05, 0.1) is 6.54 Å². The van der Waals surface area contributed by atoms with Crippen LogP contribution in [0.25, 0.3) is 5.65 Å². The van der Waals surface area contributed by atoms with Gasteiger partial charge in [-0.1, -0.05) is 6.92 Å². The predicted molar refractivity (Wildman–Crippen MR) is 92.5 cm³/mol. The van der Waals surface area contributed by atoms with Crippen LogP contribution in [-0.4, -0.2) is 61.0 Å². The monoisotopic (exact) mass is 344 g/mol. The number of carboxylic acids is 1. The van der Waals surface area contributed by atoms with Gasteiger partial charge in [0.15, 0.2) is 11.5 Å². The zero-order valence-electron chi connectivity index (χ0n) is 14.4. The van der Waals surface area contributed by atoms with Gasteiger partial charge in [-0.25, -0.2) is 0 Å². The van der Waals surface area contributed by atoms with Crippen molar-refractivity contribution in [1.29, 1.82) is 0 Å². The third kappa shape index (κ3) is 3.58. The maximum atomic E-state index is 11.1. The first-order valence-electron chi connectivity index (χ1n) is 9.06. The number of carbonyl (C=O) groups is 1. The molecule has 8 nitrogen and oxygen atoms in total. The van der Waals surface area contributed by atoms with E-state index in [-0.39, 0.29) is 6.54 Å². The largest absolute Gasteiger partial charge is 0.480 e. The van der Waals surface area contributed by atoms with E-state index in [4.69, 9.17) is 5.11 Å². The zero-order chi connectivity index (χ0) is 17.4. The van der Waals surface area contributed by atoms with Crippen LogP contribution in [0.15, 0.2) is 12.1 Å². The van der Waals surface area contributed by atoms with E-state index in [1.165, 1.54) is 12.8 Å². The van der Waals surface area contributed by atoms with Crippen LogP contribution in [0.4, 0.5) is 5.82 Å². The average Bonchev–Trinajstić information content (AvgIpc) is 3.26. The van der Waals surface area contributed by atoms with Crippen molar-refractivity contribution in [1.82, 2.24) is 24.7 Å². The van der Waals surface area contributed by atoms with Crippen LogP contribution < -0.4 is 5.32 Å². The van der Waals surface area contributed by atoms with Crippen LogP contribution in [0.2, 0.25) is 0 Å². The first-order chi connectivity index (χ1) is 12.1.